The molecule has 0 atom stereocenters. The van der Waals surface area contributed by atoms with Crippen molar-refractivity contribution in [3.8, 4) is 17.0 Å². The highest BCUT2D eigenvalue weighted by Crippen LogP contribution is 2.45. The molecule has 4 heterocycles. The summed E-state index contributed by atoms with van der Waals surface area (Å²) in [7, 11) is 0. The molecule has 0 aliphatic carbocycles. The van der Waals surface area contributed by atoms with E-state index in [4.69, 9.17) is 4.74 Å². The van der Waals surface area contributed by atoms with Crippen molar-refractivity contribution >= 4 is 5.69 Å². The summed E-state index contributed by atoms with van der Waals surface area (Å²) in [5, 5.41) is 7.85. The smallest absolute Gasteiger partial charge is 0.119 e. The maximum atomic E-state index is 5.50. The molecule has 20 heavy (non-hydrogen) atoms. The molecule has 2 aromatic rings. The zero-order chi connectivity index (χ0) is 13.5. The average Bonchev–Trinajstić information content (AvgIpc) is 2.97. The van der Waals surface area contributed by atoms with Crippen LogP contribution in [0.2, 0.25) is 0 Å². The van der Waals surface area contributed by atoms with Gasteiger partial charge in [0.05, 0.1) is 18.0 Å². The van der Waals surface area contributed by atoms with Crippen LogP contribution in [-0.2, 0) is 0 Å². The van der Waals surface area contributed by atoms with Gasteiger partial charge in [-0.3, -0.25) is 5.10 Å². The van der Waals surface area contributed by atoms with Gasteiger partial charge in [0.15, 0.2) is 0 Å². The maximum absolute atomic E-state index is 5.50. The molecular formula is C16H19N3O. The molecule has 0 spiro atoms. The van der Waals surface area contributed by atoms with Crippen LogP contribution in [0.15, 0.2) is 24.3 Å². The lowest BCUT2D eigenvalue weighted by Gasteiger charge is -2.40. The van der Waals surface area contributed by atoms with Gasteiger partial charge in [-0.05, 0) is 44.0 Å². The fourth-order valence-electron chi connectivity index (χ4n) is 3.42. The number of hydrogen-bond donors (Lipinski definition) is 1. The van der Waals surface area contributed by atoms with Crippen LogP contribution in [0, 0.1) is 0 Å². The van der Waals surface area contributed by atoms with Gasteiger partial charge in [-0.1, -0.05) is 0 Å². The van der Waals surface area contributed by atoms with E-state index < -0.39 is 0 Å². The molecule has 3 aliphatic rings. The zero-order valence-electron chi connectivity index (χ0n) is 11.7. The summed E-state index contributed by atoms with van der Waals surface area (Å²) in [4.78, 5) is 2.48. The van der Waals surface area contributed by atoms with Gasteiger partial charge in [0, 0.05) is 24.6 Å². The number of H-pyrrole nitrogens is 1. The lowest BCUT2D eigenvalue weighted by molar-refractivity contribution is 0.340. The first kappa shape index (κ1) is 11.8. The van der Waals surface area contributed by atoms with Crippen LogP contribution in [0.1, 0.15) is 31.4 Å². The third-order valence-electron chi connectivity index (χ3n) is 4.43. The van der Waals surface area contributed by atoms with Gasteiger partial charge < -0.3 is 9.64 Å². The molecule has 0 unspecified atom stereocenters. The van der Waals surface area contributed by atoms with Crippen molar-refractivity contribution in [3.63, 3.8) is 0 Å². The third kappa shape index (κ3) is 1.71. The van der Waals surface area contributed by atoms with Crippen LogP contribution < -0.4 is 9.64 Å². The molecule has 3 aliphatic heterocycles. The highest BCUT2D eigenvalue weighted by atomic mass is 16.5. The molecular weight excluding hydrogens is 250 g/mol. The highest BCUT2D eigenvalue weighted by Gasteiger charge is 2.35. The van der Waals surface area contributed by atoms with Crippen LogP contribution in [0.25, 0.3) is 11.3 Å². The molecule has 1 N–H and O–H groups in total. The number of fused-ring (bicyclic) bond motifs is 2. The van der Waals surface area contributed by atoms with E-state index in [1.54, 1.807) is 0 Å². The molecule has 1 fully saturated rings. The molecule has 4 nitrogen and oxygen atoms in total. The number of piperidine rings is 1. The summed E-state index contributed by atoms with van der Waals surface area (Å²) in [6, 6.07) is 8.25. The molecule has 2 bridgehead atoms. The summed E-state index contributed by atoms with van der Waals surface area (Å²) in [5.41, 5.74) is 4.92. The van der Waals surface area contributed by atoms with E-state index in [2.05, 4.69) is 27.2 Å². The predicted octanol–water partition coefficient (Wildman–Crippen LogP) is 3.17. The fourth-order valence-corrected chi connectivity index (χ4v) is 3.42. The molecule has 1 saturated heterocycles. The van der Waals surface area contributed by atoms with E-state index in [1.165, 1.54) is 42.9 Å². The van der Waals surface area contributed by atoms with Gasteiger partial charge in [-0.25, -0.2) is 0 Å². The van der Waals surface area contributed by atoms with Crippen molar-refractivity contribution in [2.75, 3.05) is 24.6 Å². The minimum absolute atomic E-state index is 0.680. The Hall–Kier alpha value is -1.97. The van der Waals surface area contributed by atoms with Crippen LogP contribution in [0.3, 0.4) is 0 Å². The lowest BCUT2D eigenvalue weighted by Crippen LogP contribution is -2.38. The average molecular weight is 269 g/mol. The molecule has 1 aromatic carbocycles. The largest absolute Gasteiger partial charge is 0.494 e. The number of nitrogens with one attached hydrogen (secondary N) is 1. The van der Waals surface area contributed by atoms with E-state index in [9.17, 15) is 0 Å². The van der Waals surface area contributed by atoms with Crippen LogP contribution in [0.5, 0.6) is 5.75 Å². The van der Waals surface area contributed by atoms with Gasteiger partial charge in [-0.2, -0.15) is 5.10 Å². The second kappa shape index (κ2) is 4.54. The summed E-state index contributed by atoms with van der Waals surface area (Å²) in [6.45, 7) is 5.04. The Kier molecular flexibility index (Phi) is 2.69. The number of benzene rings is 1. The molecule has 0 saturated carbocycles. The van der Waals surface area contributed by atoms with E-state index >= 15 is 0 Å². The number of rotatable bonds is 3. The van der Waals surface area contributed by atoms with Gasteiger partial charge in [-0.15, -0.1) is 0 Å². The topological polar surface area (TPSA) is 41.1 Å². The van der Waals surface area contributed by atoms with E-state index in [0.717, 1.165) is 11.4 Å². The monoisotopic (exact) mass is 269 g/mol. The Labute approximate surface area is 118 Å². The maximum Gasteiger partial charge on any atom is 0.119 e. The van der Waals surface area contributed by atoms with Crippen LogP contribution in [0.4, 0.5) is 5.69 Å². The van der Waals surface area contributed by atoms with Gasteiger partial charge in [0.1, 0.15) is 11.4 Å². The fraction of sp³-hybridized carbons (Fsp3) is 0.438. The van der Waals surface area contributed by atoms with Crippen molar-refractivity contribution in [2.45, 2.75) is 25.7 Å². The summed E-state index contributed by atoms with van der Waals surface area (Å²) in [5.74, 6) is 1.60. The molecule has 1 aromatic heterocycles. The molecule has 0 radical (unpaired) electrons. The Morgan fingerprint density at radius 2 is 2.00 bits per heavy atom. The number of aromatic amines is 1. The van der Waals surface area contributed by atoms with Crippen LogP contribution in [-0.4, -0.2) is 29.9 Å². The van der Waals surface area contributed by atoms with Crippen molar-refractivity contribution in [1.82, 2.24) is 10.2 Å². The van der Waals surface area contributed by atoms with Crippen molar-refractivity contribution < 1.29 is 4.74 Å². The van der Waals surface area contributed by atoms with E-state index in [1.807, 2.05) is 19.1 Å². The normalized spacial score (nSPS) is 17.4. The number of nitrogens with zero attached hydrogens (tertiary/aromatic N) is 2. The summed E-state index contributed by atoms with van der Waals surface area (Å²) >= 11 is 0. The number of anilines is 1. The van der Waals surface area contributed by atoms with E-state index in [0.29, 0.717) is 12.5 Å². The Morgan fingerprint density at radius 3 is 2.70 bits per heavy atom. The SMILES string of the molecule is CCOc1ccc(-c2n[nH]c3c2N2CCC3CC2)cc1. The highest BCUT2D eigenvalue weighted by molar-refractivity contribution is 5.79. The van der Waals surface area contributed by atoms with Gasteiger partial charge in [0.2, 0.25) is 0 Å². The van der Waals surface area contributed by atoms with Gasteiger partial charge >= 0.3 is 0 Å². The minimum Gasteiger partial charge on any atom is -0.494 e. The van der Waals surface area contributed by atoms with Crippen molar-refractivity contribution in [1.29, 1.82) is 0 Å². The van der Waals surface area contributed by atoms with Crippen molar-refractivity contribution in [3.05, 3.63) is 30.0 Å². The number of aromatic nitrogens is 2. The molecule has 4 heteroatoms. The Bertz CT molecular complexity index is 609. The lowest BCUT2D eigenvalue weighted by atomic mass is 9.86. The third-order valence-corrected chi connectivity index (χ3v) is 4.43. The first-order valence-corrected chi connectivity index (χ1v) is 7.43. The summed E-state index contributed by atoms with van der Waals surface area (Å²) in [6.07, 6.45) is 2.52. The predicted molar refractivity (Wildman–Crippen MR) is 79.4 cm³/mol. The van der Waals surface area contributed by atoms with E-state index in [-0.39, 0.29) is 0 Å². The standard InChI is InChI=1S/C16H19N3O/c1-2-20-13-5-3-11(4-6-13)14-16-15(18-17-14)12-7-9-19(16)10-8-12/h3-6,12H,2,7-10H2,1H3,(H,17,18). The van der Waals surface area contributed by atoms with Crippen LogP contribution >= 0.6 is 0 Å². The van der Waals surface area contributed by atoms with Gasteiger partial charge in [0.25, 0.3) is 0 Å². The quantitative estimate of drug-likeness (QED) is 0.930. The Morgan fingerprint density at radius 1 is 1.25 bits per heavy atom. The molecule has 0 amide bonds. The second-order valence-electron chi connectivity index (χ2n) is 5.55. The minimum atomic E-state index is 0.680. The second-order valence-corrected chi connectivity index (χ2v) is 5.55. The molecule has 104 valence electrons. The number of hydrogen-bond acceptors (Lipinski definition) is 3. The first-order chi connectivity index (χ1) is 9.86. The zero-order valence-corrected chi connectivity index (χ0v) is 11.7. The summed E-state index contributed by atoms with van der Waals surface area (Å²) < 4.78 is 5.50. The van der Waals surface area contributed by atoms with Crippen molar-refractivity contribution in [2.24, 2.45) is 0 Å². The Balaban J connectivity index is 1.73. The molecule has 5 rings (SSSR count). The first-order valence-electron chi connectivity index (χ1n) is 7.43. The number of ether oxygens (including phenoxy) is 1.